The normalized spacial score (nSPS) is 12.1. The number of para-hydroxylation sites is 1. The van der Waals surface area contributed by atoms with Crippen LogP contribution in [0.15, 0.2) is 35.3 Å². The minimum Gasteiger partial charge on any atom is -0.492 e. The Balaban J connectivity index is 2.25. The Kier molecular flexibility index (Phi) is 7.74. The van der Waals surface area contributed by atoms with Crippen molar-refractivity contribution in [1.29, 1.82) is 0 Å². The quantitative estimate of drug-likeness (QED) is 0.459. The maximum Gasteiger partial charge on any atom is 0.193 e. The number of likely N-dealkylation sites (N-methyl/N-ethyl adjacent to an activating group) is 1. The Morgan fingerprint density at radius 1 is 1.18 bits per heavy atom. The van der Waals surface area contributed by atoms with Gasteiger partial charge in [0.1, 0.15) is 12.4 Å². The summed E-state index contributed by atoms with van der Waals surface area (Å²) in [7, 11) is 3.81. The molecule has 0 amide bonds. The van der Waals surface area contributed by atoms with Crippen LogP contribution >= 0.6 is 0 Å². The van der Waals surface area contributed by atoms with Gasteiger partial charge in [0.05, 0.1) is 6.54 Å². The number of ether oxygens (including phenoxy) is 1. The average Bonchev–Trinajstić information content (AvgIpc) is 2.47. The highest BCUT2D eigenvalue weighted by Gasteiger charge is 2.09. The molecule has 0 saturated heterocycles. The van der Waals surface area contributed by atoms with E-state index in [0.717, 1.165) is 31.3 Å². The van der Waals surface area contributed by atoms with Crippen LogP contribution < -0.4 is 15.4 Å². The number of nitrogens with zero attached hydrogens (tertiary/aromatic N) is 2. The molecular formula is C17H30N4O. The van der Waals surface area contributed by atoms with Gasteiger partial charge < -0.3 is 20.3 Å². The van der Waals surface area contributed by atoms with Crippen LogP contribution in [0.25, 0.3) is 0 Å². The minimum absolute atomic E-state index is 0.140. The summed E-state index contributed by atoms with van der Waals surface area (Å²) in [6.45, 7) is 9.63. The lowest BCUT2D eigenvalue weighted by Gasteiger charge is -2.24. The maximum absolute atomic E-state index is 5.70. The highest BCUT2D eigenvalue weighted by Crippen LogP contribution is 2.07. The number of guanidine groups is 1. The monoisotopic (exact) mass is 306 g/mol. The molecule has 0 aromatic heterocycles. The van der Waals surface area contributed by atoms with E-state index in [-0.39, 0.29) is 5.54 Å². The van der Waals surface area contributed by atoms with Gasteiger partial charge in [-0.25, -0.2) is 0 Å². The molecule has 0 saturated carbocycles. The van der Waals surface area contributed by atoms with Crippen molar-refractivity contribution < 1.29 is 4.74 Å². The molecule has 0 spiro atoms. The molecule has 0 aliphatic rings. The zero-order chi connectivity index (χ0) is 16.4. The molecule has 1 aromatic rings. The second-order valence-electron chi connectivity index (χ2n) is 6.23. The molecule has 0 aliphatic heterocycles. The van der Waals surface area contributed by atoms with Crippen LogP contribution in [0, 0.1) is 0 Å². The Labute approximate surface area is 134 Å². The Morgan fingerprint density at radius 2 is 1.86 bits per heavy atom. The average molecular weight is 306 g/mol. The summed E-state index contributed by atoms with van der Waals surface area (Å²) < 4.78 is 5.70. The van der Waals surface area contributed by atoms with Gasteiger partial charge in [-0.1, -0.05) is 18.2 Å². The van der Waals surface area contributed by atoms with Gasteiger partial charge in [-0.05, 0) is 32.9 Å². The second-order valence-corrected chi connectivity index (χ2v) is 6.23. The molecule has 1 aromatic carbocycles. The fraction of sp³-hybridized carbons (Fsp3) is 0.588. The summed E-state index contributed by atoms with van der Waals surface area (Å²) in [5.41, 5.74) is 0.140. The van der Waals surface area contributed by atoms with Gasteiger partial charge in [0.2, 0.25) is 0 Å². The van der Waals surface area contributed by atoms with Crippen LogP contribution in [0.1, 0.15) is 20.8 Å². The van der Waals surface area contributed by atoms with Gasteiger partial charge in [0, 0.05) is 32.7 Å². The predicted octanol–water partition coefficient (Wildman–Crippen LogP) is 1.96. The SMILES string of the molecule is CN=C(NCCNC(C)(C)C)N(C)CCOc1ccccc1. The van der Waals surface area contributed by atoms with Crippen molar-refractivity contribution >= 4 is 5.96 Å². The van der Waals surface area contributed by atoms with E-state index in [0.29, 0.717) is 6.61 Å². The zero-order valence-electron chi connectivity index (χ0n) is 14.5. The van der Waals surface area contributed by atoms with Crippen molar-refractivity contribution in [2.75, 3.05) is 40.3 Å². The number of rotatable bonds is 7. The van der Waals surface area contributed by atoms with Gasteiger partial charge in [0.15, 0.2) is 5.96 Å². The Hall–Kier alpha value is -1.75. The highest BCUT2D eigenvalue weighted by molar-refractivity contribution is 5.79. The first-order chi connectivity index (χ1) is 10.4. The predicted molar refractivity (Wildman–Crippen MR) is 93.7 cm³/mol. The minimum atomic E-state index is 0.140. The molecule has 1 rings (SSSR count). The summed E-state index contributed by atoms with van der Waals surface area (Å²) in [5.74, 6) is 1.78. The largest absolute Gasteiger partial charge is 0.492 e. The first-order valence-electron chi connectivity index (χ1n) is 7.77. The van der Waals surface area contributed by atoms with E-state index < -0.39 is 0 Å². The summed E-state index contributed by atoms with van der Waals surface area (Å²) in [6, 6.07) is 9.86. The van der Waals surface area contributed by atoms with Gasteiger partial charge in [-0.3, -0.25) is 4.99 Å². The van der Waals surface area contributed by atoms with Gasteiger partial charge in [0.25, 0.3) is 0 Å². The number of hydrogen-bond acceptors (Lipinski definition) is 3. The lowest BCUT2D eigenvalue weighted by Crippen LogP contribution is -2.45. The third-order valence-corrected chi connectivity index (χ3v) is 3.08. The fourth-order valence-corrected chi connectivity index (χ4v) is 1.92. The van der Waals surface area contributed by atoms with Crippen LogP contribution in [0.2, 0.25) is 0 Å². The van der Waals surface area contributed by atoms with Crippen molar-refractivity contribution in [2.24, 2.45) is 4.99 Å². The first kappa shape index (κ1) is 18.3. The van der Waals surface area contributed by atoms with Crippen LogP contribution in [0.3, 0.4) is 0 Å². The van der Waals surface area contributed by atoms with Crippen LogP contribution in [-0.4, -0.2) is 56.7 Å². The van der Waals surface area contributed by atoms with Gasteiger partial charge in [-0.15, -0.1) is 0 Å². The molecule has 0 bridgehead atoms. The van der Waals surface area contributed by atoms with Crippen molar-refractivity contribution in [2.45, 2.75) is 26.3 Å². The van der Waals surface area contributed by atoms with Crippen molar-refractivity contribution in [3.63, 3.8) is 0 Å². The first-order valence-corrected chi connectivity index (χ1v) is 7.77. The number of nitrogens with one attached hydrogen (secondary N) is 2. The molecule has 5 nitrogen and oxygen atoms in total. The van der Waals surface area contributed by atoms with Crippen LogP contribution in [0.4, 0.5) is 0 Å². The van der Waals surface area contributed by atoms with E-state index in [9.17, 15) is 0 Å². The molecule has 2 N–H and O–H groups in total. The Bertz CT molecular complexity index is 440. The second kappa shape index (κ2) is 9.30. The van der Waals surface area contributed by atoms with Crippen molar-refractivity contribution in [3.05, 3.63) is 30.3 Å². The fourth-order valence-electron chi connectivity index (χ4n) is 1.92. The summed E-state index contributed by atoms with van der Waals surface area (Å²) in [6.07, 6.45) is 0. The molecule has 5 heteroatoms. The van der Waals surface area contributed by atoms with Gasteiger partial charge in [-0.2, -0.15) is 0 Å². The third-order valence-electron chi connectivity index (χ3n) is 3.08. The zero-order valence-corrected chi connectivity index (χ0v) is 14.5. The Morgan fingerprint density at radius 3 is 2.45 bits per heavy atom. The molecule has 0 radical (unpaired) electrons. The van der Waals surface area contributed by atoms with E-state index in [4.69, 9.17) is 4.74 Å². The topological polar surface area (TPSA) is 48.9 Å². The van der Waals surface area contributed by atoms with Crippen molar-refractivity contribution in [3.8, 4) is 5.75 Å². The van der Waals surface area contributed by atoms with Crippen LogP contribution in [-0.2, 0) is 0 Å². The lowest BCUT2D eigenvalue weighted by atomic mass is 10.1. The molecule has 22 heavy (non-hydrogen) atoms. The molecule has 0 aliphatic carbocycles. The van der Waals surface area contributed by atoms with Crippen LogP contribution in [0.5, 0.6) is 5.75 Å². The lowest BCUT2D eigenvalue weighted by molar-refractivity contribution is 0.281. The molecule has 0 atom stereocenters. The van der Waals surface area contributed by atoms with E-state index in [1.165, 1.54) is 0 Å². The van der Waals surface area contributed by atoms with E-state index >= 15 is 0 Å². The number of hydrogen-bond donors (Lipinski definition) is 2. The molecule has 124 valence electrons. The number of benzene rings is 1. The molecular weight excluding hydrogens is 276 g/mol. The summed E-state index contributed by atoms with van der Waals surface area (Å²) in [4.78, 5) is 6.37. The smallest absolute Gasteiger partial charge is 0.193 e. The van der Waals surface area contributed by atoms with Crippen molar-refractivity contribution in [1.82, 2.24) is 15.5 Å². The summed E-state index contributed by atoms with van der Waals surface area (Å²) in [5, 5.41) is 6.79. The van der Waals surface area contributed by atoms with E-state index in [2.05, 4.69) is 41.3 Å². The maximum atomic E-state index is 5.70. The molecule has 0 heterocycles. The molecule has 0 fully saturated rings. The summed E-state index contributed by atoms with van der Waals surface area (Å²) >= 11 is 0. The molecule has 0 unspecified atom stereocenters. The number of aliphatic imine (C=N–C) groups is 1. The standard InChI is InChI=1S/C17H30N4O/c1-17(2,3)20-12-11-19-16(18-4)21(5)13-14-22-15-9-7-6-8-10-15/h6-10,20H,11-14H2,1-5H3,(H,18,19). The third kappa shape index (κ3) is 7.88. The van der Waals surface area contributed by atoms with Gasteiger partial charge >= 0.3 is 0 Å². The van der Waals surface area contributed by atoms with E-state index in [1.54, 1.807) is 7.05 Å². The highest BCUT2D eigenvalue weighted by atomic mass is 16.5. The van der Waals surface area contributed by atoms with E-state index in [1.807, 2.05) is 37.4 Å².